The Morgan fingerprint density at radius 1 is 1.29 bits per heavy atom. The number of amides is 4. The molecule has 1 aromatic carbocycles. The molecule has 4 amide bonds. The lowest BCUT2D eigenvalue weighted by molar-refractivity contribution is -0.152. The normalized spacial score (nSPS) is 24.4. The molecule has 2 saturated heterocycles. The topological polar surface area (TPSA) is 99.8 Å². The zero-order chi connectivity index (χ0) is 20.3. The van der Waals surface area contributed by atoms with Gasteiger partial charge in [-0.1, -0.05) is 13.8 Å². The molecule has 2 fully saturated rings. The van der Waals surface area contributed by atoms with Crippen LogP contribution in [0.25, 0.3) is 0 Å². The molecule has 28 heavy (non-hydrogen) atoms. The van der Waals surface area contributed by atoms with Gasteiger partial charge in [-0.05, 0) is 49.4 Å². The minimum atomic E-state index is -0.518. The number of hydrogen-bond acceptors (Lipinski definition) is 4. The summed E-state index contributed by atoms with van der Waals surface area (Å²) in [5.41, 5.74) is 0.651. The number of anilines is 1. The van der Waals surface area contributed by atoms with Crippen molar-refractivity contribution >= 4 is 23.5 Å². The predicted molar refractivity (Wildman–Crippen MR) is 105 cm³/mol. The first-order chi connectivity index (χ1) is 13.4. The second-order valence-electron chi connectivity index (χ2n) is 7.79. The highest BCUT2D eigenvalue weighted by atomic mass is 16.5. The number of carbonyl (C=O) groups is 3. The summed E-state index contributed by atoms with van der Waals surface area (Å²) in [6, 6.07) is 5.58. The van der Waals surface area contributed by atoms with Gasteiger partial charge in [-0.25, -0.2) is 4.79 Å². The average molecular weight is 388 g/mol. The summed E-state index contributed by atoms with van der Waals surface area (Å²) >= 11 is 0. The van der Waals surface area contributed by atoms with E-state index in [-0.39, 0.29) is 23.9 Å². The van der Waals surface area contributed by atoms with E-state index in [1.54, 1.807) is 36.3 Å². The highest BCUT2D eigenvalue weighted by Gasteiger charge is 2.44. The Bertz CT molecular complexity index is 734. The van der Waals surface area contributed by atoms with Gasteiger partial charge >= 0.3 is 6.03 Å². The Labute approximate surface area is 165 Å². The van der Waals surface area contributed by atoms with E-state index in [9.17, 15) is 14.4 Å². The molecule has 0 saturated carbocycles. The van der Waals surface area contributed by atoms with Crippen molar-refractivity contribution in [3.05, 3.63) is 24.3 Å². The van der Waals surface area contributed by atoms with E-state index < -0.39 is 12.1 Å². The molecule has 3 rings (SSSR count). The number of carbonyl (C=O) groups excluding carboxylic acids is 3. The Morgan fingerprint density at radius 3 is 2.64 bits per heavy atom. The summed E-state index contributed by atoms with van der Waals surface area (Å²) in [6.07, 6.45) is 1.68. The predicted octanol–water partition coefficient (Wildman–Crippen LogP) is 1.72. The van der Waals surface area contributed by atoms with E-state index >= 15 is 0 Å². The summed E-state index contributed by atoms with van der Waals surface area (Å²) in [6.45, 7) is 4.53. The molecule has 0 aliphatic carbocycles. The van der Waals surface area contributed by atoms with E-state index in [1.165, 1.54) is 0 Å². The molecule has 3 atom stereocenters. The van der Waals surface area contributed by atoms with Gasteiger partial charge in [0.1, 0.15) is 17.8 Å². The second-order valence-corrected chi connectivity index (χ2v) is 7.79. The maximum Gasteiger partial charge on any atom is 0.319 e. The van der Waals surface area contributed by atoms with Crippen LogP contribution in [-0.2, 0) is 9.59 Å². The smallest absolute Gasteiger partial charge is 0.319 e. The van der Waals surface area contributed by atoms with Crippen LogP contribution in [0.4, 0.5) is 10.5 Å². The number of urea groups is 1. The molecule has 0 spiro atoms. The van der Waals surface area contributed by atoms with Gasteiger partial charge in [-0.3, -0.25) is 9.59 Å². The Morgan fingerprint density at radius 2 is 2.00 bits per heavy atom. The molecule has 2 heterocycles. The Kier molecular flexibility index (Phi) is 6.06. The fraction of sp³-hybridized carbons (Fsp3) is 0.550. The first-order valence-corrected chi connectivity index (χ1v) is 9.69. The van der Waals surface area contributed by atoms with Gasteiger partial charge in [-0.2, -0.15) is 0 Å². The number of nitrogens with zero attached hydrogens (tertiary/aromatic N) is 1. The van der Waals surface area contributed by atoms with E-state index in [1.807, 2.05) is 13.8 Å². The lowest BCUT2D eigenvalue weighted by atomic mass is 9.91. The molecule has 8 heteroatoms. The molecule has 0 radical (unpaired) electrons. The molecule has 1 aromatic rings. The first kappa shape index (κ1) is 20.0. The fourth-order valence-electron chi connectivity index (χ4n) is 3.80. The van der Waals surface area contributed by atoms with Crippen molar-refractivity contribution in [3.63, 3.8) is 0 Å². The van der Waals surface area contributed by atoms with Gasteiger partial charge < -0.3 is 25.6 Å². The standard InChI is InChI=1S/C20H28N4O4/c1-12(2)10-16-19(26)24-9-8-14(11-17(24)18(25)23-16)22-20(27)21-13-4-6-15(28-3)7-5-13/h4-7,12,14,16-17H,8-11H2,1-3H3,(H,23,25)(H2,21,22,27). The number of methoxy groups -OCH3 is 1. The molecule has 152 valence electrons. The third-order valence-corrected chi connectivity index (χ3v) is 5.19. The lowest BCUT2D eigenvalue weighted by Crippen LogP contribution is -2.67. The van der Waals surface area contributed by atoms with Crippen LogP contribution in [0.3, 0.4) is 0 Å². The molecular formula is C20H28N4O4. The third kappa shape index (κ3) is 4.55. The van der Waals surface area contributed by atoms with Gasteiger partial charge in [0, 0.05) is 18.3 Å². The van der Waals surface area contributed by atoms with Crippen molar-refractivity contribution in [3.8, 4) is 5.75 Å². The minimum Gasteiger partial charge on any atom is -0.497 e. The molecule has 0 aromatic heterocycles. The third-order valence-electron chi connectivity index (χ3n) is 5.19. The maximum absolute atomic E-state index is 12.7. The van der Waals surface area contributed by atoms with Gasteiger partial charge in [-0.15, -0.1) is 0 Å². The van der Waals surface area contributed by atoms with Crippen LogP contribution < -0.4 is 20.7 Å². The van der Waals surface area contributed by atoms with Crippen LogP contribution in [-0.4, -0.2) is 54.5 Å². The van der Waals surface area contributed by atoms with Crippen molar-refractivity contribution in [2.45, 2.75) is 51.2 Å². The van der Waals surface area contributed by atoms with Gasteiger partial charge in [0.05, 0.1) is 7.11 Å². The van der Waals surface area contributed by atoms with Crippen LogP contribution in [0.2, 0.25) is 0 Å². The molecule has 0 bridgehead atoms. The summed E-state index contributed by atoms with van der Waals surface area (Å²) in [7, 11) is 1.58. The largest absolute Gasteiger partial charge is 0.497 e. The van der Waals surface area contributed by atoms with Gasteiger partial charge in [0.15, 0.2) is 0 Å². The summed E-state index contributed by atoms with van der Waals surface area (Å²) in [5, 5.41) is 8.53. The van der Waals surface area contributed by atoms with Crippen molar-refractivity contribution in [1.29, 1.82) is 0 Å². The number of piperazine rings is 1. The number of hydrogen-bond donors (Lipinski definition) is 3. The molecule has 8 nitrogen and oxygen atoms in total. The number of nitrogens with one attached hydrogen (secondary N) is 3. The van der Waals surface area contributed by atoms with Crippen molar-refractivity contribution < 1.29 is 19.1 Å². The highest BCUT2D eigenvalue weighted by molar-refractivity contribution is 5.97. The summed E-state index contributed by atoms with van der Waals surface area (Å²) < 4.78 is 5.09. The second kappa shape index (κ2) is 8.50. The van der Waals surface area contributed by atoms with Gasteiger partial charge in [0.25, 0.3) is 0 Å². The number of fused-ring (bicyclic) bond motifs is 1. The quantitative estimate of drug-likeness (QED) is 0.715. The van der Waals surface area contributed by atoms with Crippen LogP contribution in [0, 0.1) is 5.92 Å². The first-order valence-electron chi connectivity index (χ1n) is 9.69. The van der Waals surface area contributed by atoms with Gasteiger partial charge in [0.2, 0.25) is 11.8 Å². The molecule has 2 aliphatic rings. The Balaban J connectivity index is 1.55. The minimum absolute atomic E-state index is 0.0144. The summed E-state index contributed by atoms with van der Waals surface area (Å²) in [5.74, 6) is 0.889. The zero-order valence-electron chi connectivity index (χ0n) is 16.5. The SMILES string of the molecule is COc1ccc(NC(=O)NC2CCN3C(=O)C(CC(C)C)NC(=O)C3C2)cc1. The summed E-state index contributed by atoms with van der Waals surface area (Å²) in [4.78, 5) is 39.1. The molecule has 3 N–H and O–H groups in total. The molecule has 3 unspecified atom stereocenters. The van der Waals surface area contributed by atoms with Crippen molar-refractivity contribution in [2.24, 2.45) is 5.92 Å². The van der Waals surface area contributed by atoms with Crippen molar-refractivity contribution in [2.75, 3.05) is 19.0 Å². The number of ether oxygens (including phenoxy) is 1. The highest BCUT2D eigenvalue weighted by Crippen LogP contribution is 2.24. The Hall–Kier alpha value is -2.77. The number of benzene rings is 1. The average Bonchev–Trinajstić information content (AvgIpc) is 2.66. The van der Waals surface area contributed by atoms with Crippen LogP contribution in [0.5, 0.6) is 5.75 Å². The van der Waals surface area contributed by atoms with Crippen molar-refractivity contribution in [1.82, 2.24) is 15.5 Å². The van der Waals surface area contributed by atoms with Crippen LogP contribution in [0.1, 0.15) is 33.1 Å². The van der Waals surface area contributed by atoms with E-state index in [4.69, 9.17) is 4.74 Å². The van der Waals surface area contributed by atoms with E-state index in [0.29, 0.717) is 43.2 Å². The molecular weight excluding hydrogens is 360 g/mol. The zero-order valence-corrected chi connectivity index (χ0v) is 16.5. The number of rotatable bonds is 5. The fourth-order valence-corrected chi connectivity index (χ4v) is 3.80. The lowest BCUT2D eigenvalue weighted by Gasteiger charge is -2.44. The van der Waals surface area contributed by atoms with Crippen LogP contribution in [0.15, 0.2) is 24.3 Å². The maximum atomic E-state index is 12.7. The van der Waals surface area contributed by atoms with E-state index in [0.717, 1.165) is 0 Å². The number of piperidine rings is 1. The molecule has 2 aliphatic heterocycles. The van der Waals surface area contributed by atoms with E-state index in [2.05, 4.69) is 16.0 Å². The monoisotopic (exact) mass is 388 g/mol. The van der Waals surface area contributed by atoms with Crippen LogP contribution >= 0.6 is 0 Å².